The van der Waals surface area contributed by atoms with Crippen molar-refractivity contribution in [3.63, 3.8) is 0 Å². The minimum Gasteiger partial charge on any atom is -0.481 e. The highest BCUT2D eigenvalue weighted by molar-refractivity contribution is 5.66. The average Bonchev–Trinajstić information content (AvgIpc) is 2.72. The first kappa shape index (κ1) is 26.3. The van der Waals surface area contributed by atoms with Crippen LogP contribution in [0.5, 0.6) is 0 Å². The molecule has 2 fully saturated rings. The fourth-order valence-corrected chi connectivity index (χ4v) is 3.48. The highest BCUT2D eigenvalue weighted by Gasteiger charge is 2.51. The van der Waals surface area contributed by atoms with E-state index >= 15 is 0 Å². The fourth-order valence-electron chi connectivity index (χ4n) is 3.48. The Hall–Kier alpha value is -0.970. The summed E-state index contributed by atoms with van der Waals surface area (Å²) in [5.74, 6) is -0.969. The van der Waals surface area contributed by atoms with Crippen molar-refractivity contribution in [3.8, 4) is 0 Å². The van der Waals surface area contributed by atoms with Gasteiger partial charge in [-0.05, 0) is 19.8 Å². The van der Waals surface area contributed by atoms with Crippen molar-refractivity contribution in [2.75, 3.05) is 13.2 Å². The molecule has 0 aromatic rings. The third-order valence-electron chi connectivity index (χ3n) is 5.33. The van der Waals surface area contributed by atoms with Crippen molar-refractivity contribution in [1.82, 2.24) is 0 Å². The van der Waals surface area contributed by atoms with E-state index in [1.54, 1.807) is 6.92 Å². The van der Waals surface area contributed by atoms with E-state index in [4.69, 9.17) is 24.1 Å². The Bertz CT molecular complexity index is 561. The SMILES string of the molecule is CC(CCCC(=O)O)OC1OC(CO)C(O)C(O)C1OC1OC(CO)C(O)C(O)C1O. The summed E-state index contributed by atoms with van der Waals surface area (Å²) in [6.45, 7) is 0.296. The Morgan fingerprint density at radius 3 is 1.97 bits per heavy atom. The summed E-state index contributed by atoms with van der Waals surface area (Å²) in [6, 6.07) is 0. The second kappa shape index (κ2) is 11.8. The molecule has 0 aromatic carbocycles. The third kappa shape index (κ3) is 6.52. The van der Waals surface area contributed by atoms with E-state index in [9.17, 15) is 40.5 Å². The number of hydrogen-bond donors (Lipinski definition) is 8. The van der Waals surface area contributed by atoms with Crippen LogP contribution in [0.4, 0.5) is 0 Å². The standard InChI is InChI=1S/C18H32O13/c1-7(3-2-4-10(21)22)28-18-16(14(26)12(24)9(6-20)30-18)31-17-15(27)13(25)11(23)8(5-19)29-17/h7-9,11-20,23-27H,2-6H2,1H3,(H,21,22). The van der Waals surface area contributed by atoms with Crippen LogP contribution in [0.2, 0.25) is 0 Å². The van der Waals surface area contributed by atoms with Crippen LogP contribution in [0.1, 0.15) is 26.2 Å². The highest BCUT2D eigenvalue weighted by Crippen LogP contribution is 2.30. The summed E-state index contributed by atoms with van der Waals surface area (Å²) < 4.78 is 22.0. The van der Waals surface area contributed by atoms with Gasteiger partial charge in [0.1, 0.15) is 48.8 Å². The summed E-state index contributed by atoms with van der Waals surface area (Å²) in [7, 11) is 0. The molecule has 0 radical (unpaired) electrons. The van der Waals surface area contributed by atoms with Gasteiger partial charge >= 0.3 is 5.97 Å². The Kier molecular flexibility index (Phi) is 9.98. The molecule has 2 aliphatic heterocycles. The van der Waals surface area contributed by atoms with Gasteiger partial charge < -0.3 is 59.8 Å². The molecule has 2 heterocycles. The average molecular weight is 456 g/mol. The summed E-state index contributed by atoms with van der Waals surface area (Å²) in [6.07, 6.45) is -15.2. The molecule has 11 atom stereocenters. The number of carboxylic acid groups (broad SMARTS) is 1. The topological polar surface area (TPSA) is 216 Å². The lowest BCUT2D eigenvalue weighted by molar-refractivity contribution is -0.371. The van der Waals surface area contributed by atoms with Crippen molar-refractivity contribution in [2.24, 2.45) is 0 Å². The second-order valence-electron chi connectivity index (χ2n) is 7.74. The smallest absolute Gasteiger partial charge is 0.303 e. The molecule has 182 valence electrons. The minimum absolute atomic E-state index is 0.0787. The molecule has 11 unspecified atom stereocenters. The van der Waals surface area contributed by atoms with Gasteiger partial charge in [0.05, 0.1) is 19.3 Å². The van der Waals surface area contributed by atoms with Crippen LogP contribution in [-0.2, 0) is 23.7 Å². The lowest BCUT2D eigenvalue weighted by atomic mass is 9.97. The minimum atomic E-state index is -1.76. The van der Waals surface area contributed by atoms with E-state index in [0.717, 1.165) is 0 Å². The maximum atomic E-state index is 10.7. The third-order valence-corrected chi connectivity index (χ3v) is 5.33. The first-order valence-corrected chi connectivity index (χ1v) is 10.1. The molecule has 31 heavy (non-hydrogen) atoms. The summed E-state index contributed by atoms with van der Waals surface area (Å²) in [5, 5.41) is 78.1. The number of carbonyl (C=O) groups is 1. The van der Waals surface area contributed by atoms with Gasteiger partial charge in [-0.25, -0.2) is 0 Å². The molecule has 13 nitrogen and oxygen atoms in total. The van der Waals surface area contributed by atoms with Crippen molar-refractivity contribution in [2.45, 2.75) is 93.7 Å². The van der Waals surface area contributed by atoms with E-state index < -0.39 is 86.7 Å². The van der Waals surface area contributed by atoms with E-state index in [-0.39, 0.29) is 6.42 Å². The van der Waals surface area contributed by atoms with Crippen LogP contribution < -0.4 is 0 Å². The maximum Gasteiger partial charge on any atom is 0.303 e. The summed E-state index contributed by atoms with van der Waals surface area (Å²) >= 11 is 0. The first-order chi connectivity index (χ1) is 14.6. The van der Waals surface area contributed by atoms with Crippen molar-refractivity contribution in [3.05, 3.63) is 0 Å². The fraction of sp³-hybridized carbons (Fsp3) is 0.944. The highest BCUT2D eigenvalue weighted by atomic mass is 16.8. The molecule has 0 aliphatic carbocycles. The van der Waals surface area contributed by atoms with Gasteiger partial charge in [-0.2, -0.15) is 0 Å². The largest absolute Gasteiger partial charge is 0.481 e. The van der Waals surface area contributed by atoms with Gasteiger partial charge in [-0.1, -0.05) is 0 Å². The predicted octanol–water partition coefficient (Wildman–Crippen LogP) is -3.73. The lowest BCUT2D eigenvalue weighted by Crippen LogP contribution is -2.64. The van der Waals surface area contributed by atoms with Gasteiger partial charge in [0, 0.05) is 6.42 Å². The number of hydrogen-bond acceptors (Lipinski definition) is 12. The van der Waals surface area contributed by atoms with Gasteiger partial charge in [-0.3, -0.25) is 4.79 Å². The van der Waals surface area contributed by atoms with Crippen molar-refractivity contribution in [1.29, 1.82) is 0 Å². The number of ether oxygens (including phenoxy) is 4. The zero-order chi connectivity index (χ0) is 23.3. The maximum absolute atomic E-state index is 10.7. The summed E-state index contributed by atoms with van der Waals surface area (Å²) in [4.78, 5) is 10.7. The van der Waals surface area contributed by atoms with E-state index in [2.05, 4.69) is 0 Å². The quantitative estimate of drug-likeness (QED) is 0.159. The second-order valence-corrected chi connectivity index (χ2v) is 7.74. The zero-order valence-electron chi connectivity index (χ0n) is 17.0. The Labute approximate surface area is 178 Å². The van der Waals surface area contributed by atoms with Crippen LogP contribution in [-0.4, -0.2) is 128 Å². The number of aliphatic hydroxyl groups is 7. The normalized spacial score (nSPS) is 42.3. The Morgan fingerprint density at radius 1 is 0.871 bits per heavy atom. The predicted molar refractivity (Wildman–Crippen MR) is 98.4 cm³/mol. The van der Waals surface area contributed by atoms with E-state index in [1.165, 1.54) is 0 Å². The Balaban J connectivity index is 2.12. The van der Waals surface area contributed by atoms with Crippen LogP contribution in [0.25, 0.3) is 0 Å². The molecular weight excluding hydrogens is 424 g/mol. The Morgan fingerprint density at radius 2 is 1.42 bits per heavy atom. The molecule has 13 heteroatoms. The molecule has 2 rings (SSSR count). The molecule has 0 spiro atoms. The van der Waals surface area contributed by atoms with Crippen LogP contribution >= 0.6 is 0 Å². The van der Waals surface area contributed by atoms with Crippen LogP contribution in [0.3, 0.4) is 0 Å². The molecule has 2 saturated heterocycles. The molecule has 0 saturated carbocycles. The van der Waals surface area contributed by atoms with Crippen molar-refractivity contribution >= 4 is 5.97 Å². The van der Waals surface area contributed by atoms with Gasteiger partial charge in [0.2, 0.25) is 0 Å². The number of aliphatic hydroxyl groups excluding tert-OH is 7. The monoisotopic (exact) mass is 456 g/mol. The number of rotatable bonds is 10. The molecule has 0 aromatic heterocycles. The van der Waals surface area contributed by atoms with Gasteiger partial charge in [0.25, 0.3) is 0 Å². The van der Waals surface area contributed by atoms with Crippen LogP contribution in [0, 0.1) is 0 Å². The zero-order valence-corrected chi connectivity index (χ0v) is 17.0. The first-order valence-electron chi connectivity index (χ1n) is 10.1. The van der Waals surface area contributed by atoms with E-state index in [1.807, 2.05) is 0 Å². The molecule has 8 N–H and O–H groups in total. The molecule has 0 bridgehead atoms. The molecule has 0 amide bonds. The van der Waals surface area contributed by atoms with Gasteiger partial charge in [0.15, 0.2) is 12.6 Å². The number of aliphatic carboxylic acids is 1. The van der Waals surface area contributed by atoms with E-state index in [0.29, 0.717) is 12.8 Å². The molecule has 2 aliphatic rings. The van der Waals surface area contributed by atoms with Gasteiger partial charge in [-0.15, -0.1) is 0 Å². The molecular formula is C18H32O13. The summed E-state index contributed by atoms with van der Waals surface area (Å²) in [5.41, 5.74) is 0. The lowest BCUT2D eigenvalue weighted by Gasteiger charge is -2.46. The van der Waals surface area contributed by atoms with Crippen LogP contribution in [0.15, 0.2) is 0 Å². The number of carboxylic acids is 1. The van der Waals surface area contributed by atoms with Crippen molar-refractivity contribution < 1.29 is 64.6 Å².